The van der Waals surface area contributed by atoms with Crippen molar-refractivity contribution in [3.05, 3.63) is 116 Å². The minimum absolute atomic E-state index is 0. The van der Waals surface area contributed by atoms with E-state index in [9.17, 15) is 14.7 Å². The fourth-order valence-corrected chi connectivity index (χ4v) is 5.06. The predicted molar refractivity (Wildman–Crippen MR) is 172 cm³/mol. The van der Waals surface area contributed by atoms with Gasteiger partial charge in [0.05, 0.1) is 18.0 Å². The van der Waals surface area contributed by atoms with Crippen LogP contribution in [0.5, 0.6) is 5.75 Å². The average Bonchev–Trinajstić information content (AvgIpc) is 3.44. The Bertz CT molecular complexity index is 1820. The van der Waals surface area contributed by atoms with Crippen molar-refractivity contribution in [2.45, 2.75) is 59.0 Å². The van der Waals surface area contributed by atoms with Gasteiger partial charge in [0, 0.05) is 68.9 Å². The molecule has 0 aliphatic carbocycles. The number of rotatable bonds is 11. The molecular weight excluding hydrogens is 583 g/mol. The van der Waals surface area contributed by atoms with E-state index in [0.717, 1.165) is 47.2 Å². The SMILES string of the molecule is CCCCc1nc(C)n(-c2ccc(OC(C)(C)CO)cc2)c(=O)c1Cc1ccc(-c2ccccc2-c2noc(=O)[nH]2)cc1.[K]. The number of aryl methyl sites for hydroxylation is 2. The molecule has 44 heavy (non-hydrogen) atoms. The smallest absolute Gasteiger partial charge is 0.439 e. The summed E-state index contributed by atoms with van der Waals surface area (Å²) in [7, 11) is 0. The summed E-state index contributed by atoms with van der Waals surface area (Å²) in [4.78, 5) is 33.1. The summed E-state index contributed by atoms with van der Waals surface area (Å²) in [6.45, 7) is 7.49. The van der Waals surface area contributed by atoms with Crippen molar-refractivity contribution >= 4 is 51.4 Å². The first-order valence-electron chi connectivity index (χ1n) is 14.5. The molecular formula is C34H36KN4O5. The van der Waals surface area contributed by atoms with Crippen LogP contribution in [0.1, 0.15) is 56.3 Å². The van der Waals surface area contributed by atoms with Crippen LogP contribution in [-0.4, -0.2) is 88.4 Å². The largest absolute Gasteiger partial charge is 0.485 e. The monoisotopic (exact) mass is 619 g/mol. The van der Waals surface area contributed by atoms with E-state index in [1.54, 1.807) is 16.7 Å². The Morgan fingerprint density at radius 2 is 1.66 bits per heavy atom. The molecule has 9 nitrogen and oxygen atoms in total. The van der Waals surface area contributed by atoms with Crippen LogP contribution in [0.2, 0.25) is 0 Å². The molecule has 0 aliphatic rings. The molecule has 0 fully saturated rings. The zero-order valence-corrected chi connectivity index (χ0v) is 29.0. The number of H-pyrrole nitrogens is 1. The standard InChI is InChI=1S/C34H36N4O5.K/c1-5-6-11-30-29(32(40)38(22(2)35-30)25-16-18-26(19-17-25)42-34(3,4)21-39)20-23-12-14-24(15-13-23)27-9-7-8-10-28(27)31-36-33(41)43-37-31;/h7-10,12-19,39H,5-6,11,20-21H2,1-4H3,(H,36,37,41);. The number of aliphatic hydroxyl groups is 1. The van der Waals surface area contributed by atoms with Gasteiger partial charge in [0.15, 0.2) is 5.82 Å². The van der Waals surface area contributed by atoms with Gasteiger partial charge < -0.3 is 9.84 Å². The Morgan fingerprint density at radius 3 is 2.27 bits per heavy atom. The van der Waals surface area contributed by atoms with Gasteiger partial charge in [0.2, 0.25) is 0 Å². The van der Waals surface area contributed by atoms with Crippen LogP contribution >= 0.6 is 0 Å². The van der Waals surface area contributed by atoms with Gasteiger partial charge in [-0.2, -0.15) is 0 Å². The average molecular weight is 620 g/mol. The Kier molecular flexibility index (Phi) is 11.3. The molecule has 0 aliphatic heterocycles. The van der Waals surface area contributed by atoms with E-state index in [0.29, 0.717) is 35.1 Å². The van der Waals surface area contributed by atoms with Crippen molar-refractivity contribution in [3.8, 4) is 34.0 Å². The van der Waals surface area contributed by atoms with E-state index in [1.165, 1.54) is 0 Å². The van der Waals surface area contributed by atoms with Crippen LogP contribution in [0.15, 0.2) is 86.9 Å². The zero-order chi connectivity index (χ0) is 30.6. The van der Waals surface area contributed by atoms with E-state index in [2.05, 4.69) is 17.1 Å². The minimum Gasteiger partial charge on any atom is -0.485 e. The van der Waals surface area contributed by atoms with E-state index < -0.39 is 11.4 Å². The normalized spacial score (nSPS) is 11.3. The molecule has 2 heterocycles. The number of hydrogen-bond acceptors (Lipinski definition) is 7. The van der Waals surface area contributed by atoms with Gasteiger partial charge in [-0.25, -0.2) is 9.78 Å². The van der Waals surface area contributed by atoms with Crippen molar-refractivity contribution in [3.63, 3.8) is 0 Å². The number of benzene rings is 3. The van der Waals surface area contributed by atoms with Crippen LogP contribution in [0.4, 0.5) is 0 Å². The van der Waals surface area contributed by atoms with Crippen molar-refractivity contribution in [1.82, 2.24) is 19.7 Å². The molecule has 10 heteroatoms. The van der Waals surface area contributed by atoms with Crippen molar-refractivity contribution in [1.29, 1.82) is 0 Å². The molecule has 0 unspecified atom stereocenters. The molecule has 0 spiro atoms. The first kappa shape index (κ1) is 33.8. The Hall–Kier alpha value is -3.12. The summed E-state index contributed by atoms with van der Waals surface area (Å²) in [6, 6.07) is 23.0. The number of aliphatic hydroxyl groups excluding tert-OH is 1. The first-order valence-corrected chi connectivity index (χ1v) is 14.5. The van der Waals surface area contributed by atoms with Crippen molar-refractivity contribution < 1.29 is 14.4 Å². The van der Waals surface area contributed by atoms with Gasteiger partial charge >= 0.3 is 5.76 Å². The number of nitrogens with one attached hydrogen (secondary N) is 1. The minimum atomic E-state index is -0.712. The molecule has 0 amide bonds. The molecule has 3 aromatic carbocycles. The number of aromatic amines is 1. The molecule has 5 aromatic rings. The Balaban J connectivity index is 0.00000442. The van der Waals surface area contributed by atoms with Gasteiger partial charge in [0.25, 0.3) is 5.56 Å². The summed E-state index contributed by atoms with van der Waals surface area (Å²) in [5.74, 6) is 0.999. The van der Waals surface area contributed by atoms with Gasteiger partial charge in [-0.3, -0.25) is 18.9 Å². The fraction of sp³-hybridized carbons (Fsp3) is 0.294. The van der Waals surface area contributed by atoms with Crippen LogP contribution in [0.25, 0.3) is 28.2 Å². The van der Waals surface area contributed by atoms with Crippen LogP contribution in [-0.2, 0) is 12.8 Å². The Morgan fingerprint density at radius 1 is 0.977 bits per heavy atom. The fourth-order valence-electron chi connectivity index (χ4n) is 5.06. The van der Waals surface area contributed by atoms with Gasteiger partial charge in [-0.05, 0) is 74.6 Å². The Labute approximate surface area is 298 Å². The summed E-state index contributed by atoms with van der Waals surface area (Å²) in [5.41, 5.74) is 4.98. The second-order valence-electron chi connectivity index (χ2n) is 11.2. The summed E-state index contributed by atoms with van der Waals surface area (Å²) in [6.07, 6.45) is 3.11. The van der Waals surface area contributed by atoms with E-state index in [1.807, 2.05) is 81.4 Å². The van der Waals surface area contributed by atoms with Crippen molar-refractivity contribution in [2.24, 2.45) is 0 Å². The predicted octanol–water partition coefficient (Wildman–Crippen LogP) is 5.25. The maximum Gasteiger partial charge on any atom is 0.439 e. The molecule has 2 aromatic heterocycles. The van der Waals surface area contributed by atoms with Crippen LogP contribution < -0.4 is 16.1 Å². The number of ether oxygens (including phenoxy) is 1. The summed E-state index contributed by atoms with van der Waals surface area (Å²) < 4.78 is 12.2. The number of unbranched alkanes of at least 4 members (excludes halogenated alkanes) is 1. The van der Waals surface area contributed by atoms with Gasteiger partial charge in [-0.15, -0.1) is 0 Å². The molecule has 0 saturated carbocycles. The third-order valence-electron chi connectivity index (χ3n) is 7.34. The van der Waals surface area contributed by atoms with E-state index in [-0.39, 0.29) is 63.6 Å². The quantitative estimate of drug-likeness (QED) is 0.194. The van der Waals surface area contributed by atoms with Crippen LogP contribution in [0, 0.1) is 6.92 Å². The second kappa shape index (κ2) is 14.8. The molecule has 5 rings (SSSR count). The molecule has 0 saturated heterocycles. The maximum absolute atomic E-state index is 14.0. The maximum atomic E-state index is 14.0. The molecule has 0 atom stereocenters. The van der Waals surface area contributed by atoms with Gasteiger partial charge in [-0.1, -0.05) is 67.0 Å². The molecule has 1 radical (unpaired) electrons. The zero-order valence-electron chi connectivity index (χ0n) is 25.9. The molecule has 223 valence electrons. The third kappa shape index (κ3) is 7.74. The second-order valence-corrected chi connectivity index (χ2v) is 11.2. The third-order valence-corrected chi connectivity index (χ3v) is 7.34. The van der Waals surface area contributed by atoms with E-state index in [4.69, 9.17) is 14.2 Å². The summed E-state index contributed by atoms with van der Waals surface area (Å²) in [5, 5.41) is 13.4. The summed E-state index contributed by atoms with van der Waals surface area (Å²) >= 11 is 0. The van der Waals surface area contributed by atoms with Crippen molar-refractivity contribution in [2.75, 3.05) is 6.61 Å². The molecule has 0 bridgehead atoms. The number of aromatic nitrogens is 4. The topological polar surface area (TPSA) is 123 Å². The first-order chi connectivity index (χ1) is 20.7. The van der Waals surface area contributed by atoms with Gasteiger partial charge in [0.1, 0.15) is 17.2 Å². The number of hydrogen-bond donors (Lipinski definition) is 2. The number of nitrogens with zero attached hydrogens (tertiary/aromatic N) is 3. The molecule has 2 N–H and O–H groups in total. The van der Waals surface area contributed by atoms with E-state index >= 15 is 0 Å². The van der Waals surface area contributed by atoms with Crippen LogP contribution in [0.3, 0.4) is 0 Å².